The Bertz CT molecular complexity index is 184. The van der Waals surface area contributed by atoms with Crippen molar-refractivity contribution in [1.82, 2.24) is 5.32 Å². The number of hydrogen-bond acceptors (Lipinski definition) is 3. The molecular weight excluding hydrogens is 159 g/mol. The molecule has 0 bridgehead atoms. The number of nitrogens with one attached hydrogen (secondary N) is 1. The summed E-state index contributed by atoms with van der Waals surface area (Å²) in [6.07, 6.45) is 0.822. The summed E-state index contributed by atoms with van der Waals surface area (Å²) >= 11 is 0. The highest BCUT2D eigenvalue weighted by Gasteiger charge is 2.35. The van der Waals surface area contributed by atoms with Gasteiger partial charge in [-0.1, -0.05) is 0 Å². The Morgan fingerprint density at radius 1 is 1.75 bits per heavy atom. The molecular formula is C8H13FN2O. The largest absolute Gasteiger partial charge is 0.390 e. The van der Waals surface area contributed by atoms with Gasteiger partial charge in [0.25, 0.3) is 0 Å². The van der Waals surface area contributed by atoms with Crippen LogP contribution in [0.4, 0.5) is 4.39 Å². The Labute approximate surface area is 71.2 Å². The molecule has 1 aliphatic rings. The van der Waals surface area contributed by atoms with Gasteiger partial charge in [-0.25, -0.2) is 4.39 Å². The summed E-state index contributed by atoms with van der Waals surface area (Å²) in [5.41, 5.74) is -0.675. The number of nitrogens with zero attached hydrogens (tertiary/aromatic N) is 1. The summed E-state index contributed by atoms with van der Waals surface area (Å²) in [5, 5.41) is 20.9. The van der Waals surface area contributed by atoms with Crippen LogP contribution in [-0.4, -0.2) is 30.0 Å². The fourth-order valence-electron chi connectivity index (χ4n) is 1.58. The van der Waals surface area contributed by atoms with E-state index in [-0.39, 0.29) is 6.42 Å². The Balaban J connectivity index is 2.51. The molecule has 0 aromatic carbocycles. The van der Waals surface area contributed by atoms with Gasteiger partial charge in [0.1, 0.15) is 12.2 Å². The monoisotopic (exact) mass is 172 g/mol. The van der Waals surface area contributed by atoms with Gasteiger partial charge in [-0.15, -0.1) is 0 Å². The molecule has 4 heteroatoms. The highest BCUT2D eigenvalue weighted by Crippen LogP contribution is 2.23. The van der Waals surface area contributed by atoms with E-state index in [0.29, 0.717) is 6.42 Å². The Morgan fingerprint density at radius 3 is 2.92 bits per heavy atom. The maximum Gasteiger partial charge on any atom is 0.115 e. The minimum atomic E-state index is -1.00. The molecule has 0 aliphatic carbocycles. The molecule has 12 heavy (non-hydrogen) atoms. The van der Waals surface area contributed by atoms with Crippen molar-refractivity contribution in [2.45, 2.75) is 30.9 Å². The third-order valence-electron chi connectivity index (χ3n) is 2.22. The third kappa shape index (κ3) is 1.93. The maximum atomic E-state index is 12.0. The lowest BCUT2D eigenvalue weighted by atomic mass is 9.92. The SMILES string of the molecule is N#CC1(CC(O)CF)CCCN1. The van der Waals surface area contributed by atoms with Crippen molar-refractivity contribution in [2.24, 2.45) is 0 Å². The Hall–Kier alpha value is -0.660. The number of halogens is 1. The average Bonchev–Trinajstić information content (AvgIpc) is 2.54. The molecule has 1 saturated heterocycles. The molecule has 2 atom stereocenters. The summed E-state index contributed by atoms with van der Waals surface area (Å²) in [5.74, 6) is 0. The van der Waals surface area contributed by atoms with Crippen LogP contribution in [0.3, 0.4) is 0 Å². The van der Waals surface area contributed by atoms with Crippen molar-refractivity contribution in [3.63, 3.8) is 0 Å². The lowest BCUT2D eigenvalue weighted by Crippen LogP contribution is -2.41. The van der Waals surface area contributed by atoms with Crippen molar-refractivity contribution in [1.29, 1.82) is 5.26 Å². The van der Waals surface area contributed by atoms with E-state index in [1.807, 2.05) is 0 Å². The van der Waals surface area contributed by atoms with Crippen LogP contribution >= 0.6 is 0 Å². The van der Waals surface area contributed by atoms with E-state index in [0.717, 1.165) is 13.0 Å². The molecule has 3 nitrogen and oxygen atoms in total. The Morgan fingerprint density at radius 2 is 2.50 bits per heavy atom. The number of aliphatic hydroxyl groups is 1. The summed E-state index contributed by atoms with van der Waals surface area (Å²) in [7, 11) is 0. The van der Waals surface area contributed by atoms with Gasteiger partial charge >= 0.3 is 0 Å². The number of hydrogen-bond donors (Lipinski definition) is 2. The number of alkyl halides is 1. The summed E-state index contributed by atoms with van der Waals surface area (Å²) in [6, 6.07) is 2.10. The van der Waals surface area contributed by atoms with E-state index in [2.05, 4.69) is 11.4 Å². The lowest BCUT2D eigenvalue weighted by molar-refractivity contribution is 0.110. The molecule has 2 N–H and O–H groups in total. The number of nitriles is 1. The first-order chi connectivity index (χ1) is 5.72. The zero-order valence-corrected chi connectivity index (χ0v) is 6.89. The second-order valence-electron chi connectivity index (χ2n) is 3.24. The smallest absolute Gasteiger partial charge is 0.115 e. The zero-order valence-electron chi connectivity index (χ0n) is 6.89. The standard InChI is InChI=1S/C8H13FN2O/c9-5-7(12)4-8(6-10)2-1-3-11-8/h7,11-12H,1-5H2. The first-order valence-corrected chi connectivity index (χ1v) is 4.13. The van der Waals surface area contributed by atoms with Gasteiger partial charge in [0.15, 0.2) is 0 Å². The van der Waals surface area contributed by atoms with Gasteiger partial charge in [0.2, 0.25) is 0 Å². The first kappa shape index (κ1) is 9.43. The fourth-order valence-corrected chi connectivity index (χ4v) is 1.58. The normalized spacial score (nSPS) is 31.4. The second kappa shape index (κ2) is 3.83. The summed E-state index contributed by atoms with van der Waals surface area (Å²) < 4.78 is 12.0. The van der Waals surface area contributed by atoms with E-state index >= 15 is 0 Å². The quantitative estimate of drug-likeness (QED) is 0.646. The van der Waals surface area contributed by atoms with Crippen LogP contribution in [0.1, 0.15) is 19.3 Å². The minimum absolute atomic E-state index is 0.194. The van der Waals surface area contributed by atoms with Crippen LogP contribution in [0.2, 0.25) is 0 Å². The van der Waals surface area contributed by atoms with Gasteiger partial charge < -0.3 is 5.11 Å². The highest BCUT2D eigenvalue weighted by molar-refractivity contribution is 5.10. The minimum Gasteiger partial charge on any atom is -0.390 e. The third-order valence-corrected chi connectivity index (χ3v) is 2.22. The molecule has 0 saturated carbocycles. The van der Waals surface area contributed by atoms with E-state index in [9.17, 15) is 4.39 Å². The molecule has 1 aliphatic heterocycles. The van der Waals surface area contributed by atoms with Crippen LogP contribution in [0, 0.1) is 11.3 Å². The van der Waals surface area contributed by atoms with Crippen molar-refractivity contribution >= 4 is 0 Å². The van der Waals surface area contributed by atoms with Crippen LogP contribution < -0.4 is 5.32 Å². The number of rotatable bonds is 3. The van der Waals surface area contributed by atoms with E-state index in [1.165, 1.54) is 0 Å². The molecule has 1 heterocycles. The van der Waals surface area contributed by atoms with Crippen molar-refractivity contribution < 1.29 is 9.50 Å². The van der Waals surface area contributed by atoms with E-state index < -0.39 is 18.3 Å². The number of aliphatic hydroxyl groups excluding tert-OH is 1. The van der Waals surface area contributed by atoms with Gasteiger partial charge in [-0.3, -0.25) is 5.32 Å². The van der Waals surface area contributed by atoms with E-state index in [4.69, 9.17) is 10.4 Å². The van der Waals surface area contributed by atoms with Crippen LogP contribution in [0.25, 0.3) is 0 Å². The van der Waals surface area contributed by atoms with E-state index in [1.54, 1.807) is 0 Å². The van der Waals surface area contributed by atoms with Crippen molar-refractivity contribution in [3.8, 4) is 6.07 Å². The van der Waals surface area contributed by atoms with Crippen LogP contribution in [-0.2, 0) is 0 Å². The molecule has 0 aromatic rings. The van der Waals surface area contributed by atoms with Gasteiger partial charge in [-0.2, -0.15) is 5.26 Å². The molecule has 1 rings (SSSR count). The zero-order chi connectivity index (χ0) is 9.03. The summed E-state index contributed by atoms with van der Waals surface area (Å²) in [4.78, 5) is 0. The first-order valence-electron chi connectivity index (χ1n) is 4.13. The predicted octanol–water partition coefficient (Wildman–Crippen LogP) is 0.353. The highest BCUT2D eigenvalue weighted by atomic mass is 19.1. The van der Waals surface area contributed by atoms with Crippen LogP contribution in [0.15, 0.2) is 0 Å². The molecule has 0 amide bonds. The summed E-state index contributed by atoms with van der Waals surface area (Å²) in [6.45, 7) is 0.0116. The fraction of sp³-hybridized carbons (Fsp3) is 0.875. The molecule has 0 spiro atoms. The molecule has 2 unspecified atom stereocenters. The molecule has 1 fully saturated rings. The average molecular weight is 172 g/mol. The van der Waals surface area contributed by atoms with Gasteiger partial charge in [0.05, 0.1) is 12.2 Å². The van der Waals surface area contributed by atoms with Crippen LogP contribution in [0.5, 0.6) is 0 Å². The van der Waals surface area contributed by atoms with Gasteiger partial charge in [0, 0.05) is 6.42 Å². The predicted molar refractivity (Wildman–Crippen MR) is 42.2 cm³/mol. The maximum absolute atomic E-state index is 12.0. The second-order valence-corrected chi connectivity index (χ2v) is 3.24. The van der Waals surface area contributed by atoms with Crippen molar-refractivity contribution in [2.75, 3.05) is 13.2 Å². The molecule has 0 aromatic heterocycles. The Kier molecular flexibility index (Phi) is 3.01. The topological polar surface area (TPSA) is 56.0 Å². The molecule has 68 valence electrons. The lowest BCUT2D eigenvalue weighted by Gasteiger charge is -2.22. The van der Waals surface area contributed by atoms with Gasteiger partial charge in [-0.05, 0) is 19.4 Å². The van der Waals surface area contributed by atoms with Crippen molar-refractivity contribution in [3.05, 3.63) is 0 Å². The molecule has 0 radical (unpaired) electrons.